The molecule has 0 aliphatic carbocycles. The lowest BCUT2D eigenvalue weighted by molar-refractivity contribution is -0.258. The van der Waals surface area contributed by atoms with Crippen LogP contribution in [0.2, 0.25) is 0 Å². The minimum absolute atomic E-state index is 0.0134. The summed E-state index contributed by atoms with van der Waals surface area (Å²) in [7, 11) is 0. The van der Waals surface area contributed by atoms with E-state index in [9.17, 15) is 24.6 Å². The van der Waals surface area contributed by atoms with Gasteiger partial charge in [0.1, 0.15) is 32.0 Å². The Morgan fingerprint density at radius 3 is 2.00 bits per heavy atom. The molecule has 0 amide bonds. The molecular formula is C22H28O11. The van der Waals surface area contributed by atoms with Crippen molar-refractivity contribution in [1.82, 2.24) is 0 Å². The van der Waals surface area contributed by atoms with E-state index in [1.165, 1.54) is 31.2 Å². The minimum atomic E-state index is -1.20. The molecule has 1 aromatic carbocycles. The number of rotatable bonds is 11. The van der Waals surface area contributed by atoms with Gasteiger partial charge in [0, 0.05) is 12.0 Å². The summed E-state index contributed by atoms with van der Waals surface area (Å²) >= 11 is 0. The molecule has 3 N–H and O–H groups in total. The van der Waals surface area contributed by atoms with Crippen LogP contribution in [-0.2, 0) is 28.5 Å². The van der Waals surface area contributed by atoms with Gasteiger partial charge in [0.05, 0.1) is 30.4 Å². The number of carbonyl (C=O) groups is 3. The summed E-state index contributed by atoms with van der Waals surface area (Å²) in [6.45, 7) is 4.11. The van der Waals surface area contributed by atoms with Gasteiger partial charge in [-0.05, 0) is 31.2 Å². The molecule has 0 radical (unpaired) electrons. The third kappa shape index (κ3) is 8.22. The summed E-state index contributed by atoms with van der Waals surface area (Å²) in [6.07, 6.45) is -4.10. The zero-order valence-electron chi connectivity index (χ0n) is 18.2. The van der Waals surface area contributed by atoms with Crippen LogP contribution in [0.1, 0.15) is 34.1 Å². The second kappa shape index (κ2) is 13.0. The monoisotopic (exact) mass is 468 g/mol. The van der Waals surface area contributed by atoms with Crippen LogP contribution < -0.4 is 0 Å². The van der Waals surface area contributed by atoms with Crippen molar-refractivity contribution in [2.45, 2.75) is 37.9 Å². The first-order valence-electron chi connectivity index (χ1n) is 10.2. The lowest BCUT2D eigenvalue weighted by Crippen LogP contribution is -2.50. The number of benzene rings is 1. The maximum Gasteiger partial charge on any atom is 0.338 e. The van der Waals surface area contributed by atoms with Crippen molar-refractivity contribution >= 4 is 17.9 Å². The molecule has 0 saturated carbocycles. The maximum atomic E-state index is 12.1. The number of aliphatic hydroxyl groups excluding tert-OH is 3. The van der Waals surface area contributed by atoms with Crippen LogP contribution in [0.25, 0.3) is 0 Å². The normalized spacial score (nSPS) is 22.3. The number of carbonyl (C=O) groups excluding carboxylic acids is 3. The van der Waals surface area contributed by atoms with Gasteiger partial charge in [-0.15, -0.1) is 0 Å². The quantitative estimate of drug-likeness (QED) is 0.173. The molecule has 1 aromatic rings. The van der Waals surface area contributed by atoms with Crippen LogP contribution in [0, 0.1) is 0 Å². The zero-order chi connectivity index (χ0) is 24.4. The van der Waals surface area contributed by atoms with Gasteiger partial charge in [-0.1, -0.05) is 6.58 Å². The Kier molecular flexibility index (Phi) is 10.4. The van der Waals surface area contributed by atoms with E-state index in [1.807, 2.05) is 0 Å². The standard InChI is InChI=1S/C22H28O11/c1-13(2)20(26)30-9-10-32-22(28)15-5-3-14(4-6-15)21(27)31-8-7-29-18-11-16(24)19(25)17(12-23)33-18/h3-6,16-19,23-25H,1,7-12H2,2H3/t16?,17?,18-,19-/m0/s1. The van der Waals surface area contributed by atoms with Gasteiger partial charge in [-0.25, -0.2) is 14.4 Å². The number of aliphatic hydroxyl groups is 3. The molecule has 1 heterocycles. The third-order valence-electron chi connectivity index (χ3n) is 4.59. The van der Waals surface area contributed by atoms with Gasteiger partial charge in [-0.3, -0.25) is 0 Å². The molecule has 0 bridgehead atoms. The first-order chi connectivity index (χ1) is 15.7. The van der Waals surface area contributed by atoms with E-state index < -0.39 is 49.1 Å². The second-order valence-electron chi connectivity index (χ2n) is 7.22. The molecule has 0 spiro atoms. The summed E-state index contributed by atoms with van der Waals surface area (Å²) in [6, 6.07) is 5.59. The Hall–Kier alpha value is -2.83. The molecular weight excluding hydrogens is 440 g/mol. The lowest BCUT2D eigenvalue weighted by Gasteiger charge is -2.35. The molecule has 1 aliphatic heterocycles. The van der Waals surface area contributed by atoms with Crippen LogP contribution in [-0.4, -0.2) is 90.9 Å². The van der Waals surface area contributed by atoms with Gasteiger partial charge < -0.3 is 39.0 Å². The molecule has 182 valence electrons. The Morgan fingerprint density at radius 1 is 0.970 bits per heavy atom. The van der Waals surface area contributed by atoms with E-state index in [0.29, 0.717) is 0 Å². The first-order valence-corrected chi connectivity index (χ1v) is 10.2. The van der Waals surface area contributed by atoms with Crippen molar-refractivity contribution in [3.8, 4) is 0 Å². The molecule has 4 atom stereocenters. The van der Waals surface area contributed by atoms with Gasteiger partial charge in [0.2, 0.25) is 0 Å². The highest BCUT2D eigenvalue weighted by molar-refractivity contribution is 5.93. The van der Waals surface area contributed by atoms with E-state index in [-0.39, 0.29) is 49.5 Å². The smallest absolute Gasteiger partial charge is 0.338 e. The molecule has 11 nitrogen and oxygen atoms in total. The molecule has 2 rings (SSSR count). The molecule has 0 aromatic heterocycles. The summed E-state index contributed by atoms with van der Waals surface area (Å²) in [4.78, 5) is 35.3. The minimum Gasteiger partial charge on any atom is -0.460 e. The highest BCUT2D eigenvalue weighted by Gasteiger charge is 2.36. The average Bonchev–Trinajstić information content (AvgIpc) is 2.81. The van der Waals surface area contributed by atoms with Crippen molar-refractivity contribution < 1.29 is 53.4 Å². The molecule has 11 heteroatoms. The van der Waals surface area contributed by atoms with Gasteiger partial charge in [-0.2, -0.15) is 0 Å². The number of hydrogen-bond donors (Lipinski definition) is 3. The van der Waals surface area contributed by atoms with Crippen LogP contribution in [0.3, 0.4) is 0 Å². The number of hydrogen-bond acceptors (Lipinski definition) is 11. The molecule has 1 fully saturated rings. The van der Waals surface area contributed by atoms with E-state index in [0.717, 1.165) is 0 Å². The fourth-order valence-corrected chi connectivity index (χ4v) is 2.79. The summed E-state index contributed by atoms with van der Waals surface area (Å²) in [5.41, 5.74) is 0.649. The van der Waals surface area contributed by atoms with Crippen LogP contribution in [0.4, 0.5) is 0 Å². The zero-order valence-corrected chi connectivity index (χ0v) is 18.2. The summed E-state index contributed by atoms with van der Waals surface area (Å²) < 4.78 is 25.6. The molecule has 1 saturated heterocycles. The van der Waals surface area contributed by atoms with Crippen LogP contribution in [0.5, 0.6) is 0 Å². The Labute approximate surface area is 190 Å². The predicted molar refractivity (Wildman–Crippen MR) is 111 cm³/mol. The lowest BCUT2D eigenvalue weighted by atomic mass is 10.0. The first kappa shape index (κ1) is 26.4. The average molecular weight is 468 g/mol. The number of ether oxygens (including phenoxy) is 5. The fraction of sp³-hybridized carbons (Fsp3) is 0.500. The highest BCUT2D eigenvalue weighted by atomic mass is 16.7. The van der Waals surface area contributed by atoms with Gasteiger partial charge in [0.25, 0.3) is 0 Å². The second-order valence-corrected chi connectivity index (χ2v) is 7.22. The van der Waals surface area contributed by atoms with Crippen LogP contribution >= 0.6 is 0 Å². The highest BCUT2D eigenvalue weighted by Crippen LogP contribution is 2.21. The Balaban J connectivity index is 1.69. The SMILES string of the molecule is C=C(C)C(=O)OCCOC(=O)c1ccc(C(=O)OCCO[C@@H]2CC(O)[C@H](O)C(CO)O2)cc1. The van der Waals surface area contributed by atoms with Crippen molar-refractivity contribution in [3.63, 3.8) is 0 Å². The largest absolute Gasteiger partial charge is 0.460 e. The van der Waals surface area contributed by atoms with E-state index >= 15 is 0 Å². The van der Waals surface area contributed by atoms with E-state index in [2.05, 4.69) is 6.58 Å². The maximum absolute atomic E-state index is 12.1. The van der Waals surface area contributed by atoms with Crippen molar-refractivity contribution in [2.24, 2.45) is 0 Å². The topological polar surface area (TPSA) is 158 Å². The van der Waals surface area contributed by atoms with Crippen molar-refractivity contribution in [3.05, 3.63) is 47.5 Å². The number of esters is 3. The molecule has 33 heavy (non-hydrogen) atoms. The summed E-state index contributed by atoms with van der Waals surface area (Å²) in [5.74, 6) is -1.86. The third-order valence-corrected chi connectivity index (χ3v) is 4.59. The van der Waals surface area contributed by atoms with E-state index in [4.69, 9.17) is 28.8 Å². The fourth-order valence-electron chi connectivity index (χ4n) is 2.79. The predicted octanol–water partition coefficient (Wildman–Crippen LogP) is -0.0348. The van der Waals surface area contributed by atoms with Gasteiger partial charge >= 0.3 is 17.9 Å². The molecule has 2 unspecified atom stereocenters. The Morgan fingerprint density at radius 2 is 1.48 bits per heavy atom. The van der Waals surface area contributed by atoms with Gasteiger partial charge in [0.15, 0.2) is 6.29 Å². The van der Waals surface area contributed by atoms with E-state index in [1.54, 1.807) is 0 Å². The summed E-state index contributed by atoms with van der Waals surface area (Å²) in [5, 5.41) is 28.5. The van der Waals surface area contributed by atoms with Crippen molar-refractivity contribution in [2.75, 3.05) is 33.0 Å². The molecule has 1 aliphatic rings. The Bertz CT molecular complexity index is 820. The van der Waals surface area contributed by atoms with Crippen molar-refractivity contribution in [1.29, 1.82) is 0 Å². The van der Waals surface area contributed by atoms with Crippen LogP contribution in [0.15, 0.2) is 36.4 Å².